The van der Waals surface area contributed by atoms with Crippen molar-refractivity contribution in [3.63, 3.8) is 0 Å². The fourth-order valence-corrected chi connectivity index (χ4v) is 4.17. The first kappa shape index (κ1) is 30.0. The zero-order valence-electron chi connectivity index (χ0n) is 23.9. The fraction of sp³-hybridized carbons (Fsp3) is 0.273. The molecule has 3 aromatic carbocycles. The smallest absolute Gasteiger partial charge is 0.462 e. The fourth-order valence-electron chi connectivity index (χ4n) is 4.17. The van der Waals surface area contributed by atoms with E-state index in [1.54, 1.807) is 44.2 Å². The molecule has 0 radical (unpaired) electrons. The third-order valence-corrected chi connectivity index (χ3v) is 6.96. The molecule has 9 nitrogen and oxygen atoms in total. The lowest BCUT2D eigenvalue weighted by molar-refractivity contribution is -0.155. The van der Waals surface area contributed by atoms with Gasteiger partial charge < -0.3 is 14.2 Å². The van der Waals surface area contributed by atoms with Gasteiger partial charge in [-0.3, -0.25) is 14.2 Å². The lowest BCUT2D eigenvalue weighted by Crippen LogP contribution is -2.42. The molecule has 0 saturated carbocycles. The molecular formula is C33H34N2O7. The summed E-state index contributed by atoms with van der Waals surface area (Å²) in [5.41, 5.74) is 0.0738. The maximum atomic E-state index is 13.9. The Kier molecular flexibility index (Phi) is 9.75. The molecule has 0 bridgehead atoms. The number of hydrogen-bond acceptors (Lipinski definition) is 7. The van der Waals surface area contributed by atoms with Crippen molar-refractivity contribution in [3.8, 4) is 11.6 Å². The van der Waals surface area contributed by atoms with Crippen LogP contribution in [0.4, 0.5) is 4.79 Å². The molecular weight excluding hydrogens is 536 g/mol. The van der Waals surface area contributed by atoms with Crippen LogP contribution in [0.5, 0.6) is 5.88 Å². The molecule has 0 spiro atoms. The summed E-state index contributed by atoms with van der Waals surface area (Å²) < 4.78 is 18.4. The number of nitrogens with zero attached hydrogens (tertiary/aromatic N) is 2. The van der Waals surface area contributed by atoms with E-state index in [-0.39, 0.29) is 37.6 Å². The lowest BCUT2D eigenvalue weighted by Gasteiger charge is -2.20. The van der Waals surface area contributed by atoms with Crippen LogP contribution in [0.1, 0.15) is 43.9 Å². The highest BCUT2D eigenvalue weighted by Gasteiger charge is 2.27. The zero-order chi connectivity index (χ0) is 30.1. The first-order valence-corrected chi connectivity index (χ1v) is 13.7. The Hall–Kier alpha value is -4.92. The van der Waals surface area contributed by atoms with Crippen molar-refractivity contribution in [2.24, 2.45) is 5.41 Å². The summed E-state index contributed by atoms with van der Waals surface area (Å²) in [5.74, 6) is -0.618. The maximum Gasteiger partial charge on any atom is 0.515 e. The van der Waals surface area contributed by atoms with Crippen LogP contribution in [0.15, 0.2) is 101 Å². The second-order valence-electron chi connectivity index (χ2n) is 10.4. The van der Waals surface area contributed by atoms with E-state index in [9.17, 15) is 19.2 Å². The van der Waals surface area contributed by atoms with Crippen molar-refractivity contribution in [2.45, 2.75) is 40.2 Å². The molecule has 0 N–H and O–H groups in total. The summed E-state index contributed by atoms with van der Waals surface area (Å²) in [5, 5.41) is 0. The van der Waals surface area contributed by atoms with Gasteiger partial charge in [-0.05, 0) is 43.5 Å². The van der Waals surface area contributed by atoms with Crippen LogP contribution in [0, 0.1) is 5.41 Å². The van der Waals surface area contributed by atoms with Gasteiger partial charge in [0.2, 0.25) is 5.88 Å². The van der Waals surface area contributed by atoms with Gasteiger partial charge in [-0.2, -0.15) is 0 Å². The molecule has 4 aromatic rings. The minimum atomic E-state index is -1.13. The molecule has 0 unspecified atom stereocenters. The molecule has 1 heterocycles. The second kappa shape index (κ2) is 13.6. The van der Waals surface area contributed by atoms with Gasteiger partial charge in [-0.15, -0.1) is 0 Å². The summed E-state index contributed by atoms with van der Waals surface area (Å²) in [6.07, 6.45) is -0.450. The van der Waals surface area contributed by atoms with E-state index < -0.39 is 28.8 Å². The zero-order valence-corrected chi connectivity index (χ0v) is 23.9. The Labute approximate surface area is 243 Å². The molecule has 42 heavy (non-hydrogen) atoms. The molecule has 1 aromatic heterocycles. The summed E-state index contributed by atoms with van der Waals surface area (Å²) in [6, 6.07) is 26.9. The van der Waals surface area contributed by atoms with Gasteiger partial charge in [0, 0.05) is 6.42 Å². The lowest BCUT2D eigenvalue weighted by atomic mass is 9.91. The van der Waals surface area contributed by atoms with Crippen LogP contribution in [0.2, 0.25) is 0 Å². The average Bonchev–Trinajstić information content (AvgIpc) is 3.00. The first-order valence-electron chi connectivity index (χ1n) is 13.7. The summed E-state index contributed by atoms with van der Waals surface area (Å²) in [7, 11) is 0. The molecule has 4 rings (SSSR count). The van der Waals surface area contributed by atoms with Gasteiger partial charge in [-0.1, -0.05) is 85.8 Å². The highest BCUT2D eigenvalue weighted by Crippen LogP contribution is 2.22. The number of esters is 1. The maximum absolute atomic E-state index is 13.9. The van der Waals surface area contributed by atoms with Gasteiger partial charge in [0.05, 0.1) is 23.2 Å². The molecule has 0 amide bonds. The van der Waals surface area contributed by atoms with Crippen molar-refractivity contribution in [2.75, 3.05) is 13.2 Å². The topological polar surface area (TPSA) is 106 Å². The van der Waals surface area contributed by atoms with Crippen LogP contribution >= 0.6 is 0 Å². The minimum absolute atomic E-state index is 0.0287. The van der Waals surface area contributed by atoms with Crippen molar-refractivity contribution in [1.29, 1.82) is 0 Å². The average molecular weight is 571 g/mol. The number of benzene rings is 3. The summed E-state index contributed by atoms with van der Waals surface area (Å²) in [6.45, 7) is 5.01. The van der Waals surface area contributed by atoms with Gasteiger partial charge >= 0.3 is 17.8 Å². The molecule has 0 fully saturated rings. The second-order valence-corrected chi connectivity index (χ2v) is 10.4. The number of para-hydroxylation sites is 1. The van der Waals surface area contributed by atoms with E-state index in [2.05, 4.69) is 0 Å². The van der Waals surface area contributed by atoms with Crippen molar-refractivity contribution >= 4 is 12.1 Å². The van der Waals surface area contributed by atoms with Gasteiger partial charge in [0.15, 0.2) is 0 Å². The Morgan fingerprint density at radius 2 is 1.31 bits per heavy atom. The van der Waals surface area contributed by atoms with Crippen LogP contribution < -0.4 is 16.0 Å². The number of carbonyl (C=O) groups is 2. The van der Waals surface area contributed by atoms with E-state index in [0.717, 1.165) is 15.7 Å². The molecule has 0 aliphatic rings. The van der Waals surface area contributed by atoms with Crippen LogP contribution in [0.3, 0.4) is 0 Å². The summed E-state index contributed by atoms with van der Waals surface area (Å²) in [4.78, 5) is 52.9. The molecule has 0 saturated heterocycles. The minimum Gasteiger partial charge on any atom is -0.462 e. The SMILES string of the molecule is CCC(C)(C)C(=O)OCCOC(=O)Oc1c(Cc2ccccc2)c(=O)n(-c2ccccc2)c(=O)n1Cc1ccccc1. The number of rotatable bonds is 11. The Balaban J connectivity index is 1.74. The number of aromatic nitrogens is 2. The van der Waals surface area contributed by atoms with Crippen LogP contribution in [-0.4, -0.2) is 34.5 Å². The Bertz CT molecular complexity index is 1550. The van der Waals surface area contributed by atoms with E-state index in [0.29, 0.717) is 12.1 Å². The standard InChI is InChI=1S/C33H34N2O7/c1-4-33(2,3)30(37)40-20-21-41-32(39)42-29-27(22-24-14-8-5-9-15-24)28(36)35(26-18-12-7-13-19-26)31(38)34(29)23-25-16-10-6-11-17-25/h5-19H,4,20-23H2,1-3H3. The summed E-state index contributed by atoms with van der Waals surface area (Å²) >= 11 is 0. The number of carbonyl (C=O) groups excluding carboxylic acids is 2. The van der Waals surface area contributed by atoms with Crippen LogP contribution in [0.25, 0.3) is 5.69 Å². The van der Waals surface area contributed by atoms with Crippen molar-refractivity contribution in [3.05, 3.63) is 129 Å². The quantitative estimate of drug-likeness (QED) is 0.182. The third-order valence-electron chi connectivity index (χ3n) is 6.96. The predicted octanol–water partition coefficient (Wildman–Crippen LogP) is 5.13. The first-order chi connectivity index (χ1) is 20.2. The van der Waals surface area contributed by atoms with E-state index in [1.165, 1.54) is 4.57 Å². The van der Waals surface area contributed by atoms with Gasteiger partial charge in [0.1, 0.15) is 13.2 Å². The number of hydrogen-bond donors (Lipinski definition) is 0. The van der Waals surface area contributed by atoms with Crippen LogP contribution in [-0.2, 0) is 27.2 Å². The van der Waals surface area contributed by atoms with E-state index in [1.807, 2.05) is 67.6 Å². The largest absolute Gasteiger partial charge is 0.515 e. The van der Waals surface area contributed by atoms with Crippen molar-refractivity contribution < 1.29 is 23.8 Å². The number of ether oxygens (including phenoxy) is 3. The van der Waals surface area contributed by atoms with Gasteiger partial charge in [-0.25, -0.2) is 14.2 Å². The monoisotopic (exact) mass is 570 g/mol. The molecule has 0 atom stereocenters. The van der Waals surface area contributed by atoms with E-state index >= 15 is 0 Å². The Morgan fingerprint density at radius 1 is 0.762 bits per heavy atom. The van der Waals surface area contributed by atoms with E-state index in [4.69, 9.17) is 14.2 Å². The molecule has 0 aliphatic carbocycles. The third kappa shape index (κ3) is 7.23. The van der Waals surface area contributed by atoms with Gasteiger partial charge in [0.25, 0.3) is 5.56 Å². The highest BCUT2D eigenvalue weighted by atomic mass is 16.7. The normalized spacial score (nSPS) is 11.1. The molecule has 218 valence electrons. The molecule has 0 aliphatic heterocycles. The highest BCUT2D eigenvalue weighted by molar-refractivity contribution is 5.75. The van der Waals surface area contributed by atoms with Crippen molar-refractivity contribution in [1.82, 2.24) is 9.13 Å². The predicted molar refractivity (Wildman–Crippen MR) is 158 cm³/mol. The molecule has 9 heteroatoms. The Morgan fingerprint density at radius 3 is 1.90 bits per heavy atom.